The maximum Gasteiger partial charge on any atom is 0.303 e. The monoisotopic (exact) mass is 976 g/mol. The van der Waals surface area contributed by atoms with Crippen molar-refractivity contribution >= 4 is 49.4 Å². The molecule has 0 bridgehead atoms. The van der Waals surface area contributed by atoms with E-state index in [-0.39, 0.29) is 40.0 Å². The van der Waals surface area contributed by atoms with Crippen LogP contribution in [-0.2, 0) is 39.4 Å². The van der Waals surface area contributed by atoms with Crippen LogP contribution >= 0.6 is 0 Å². The number of hydrogen-bond acceptors (Lipinski definition) is 14. The normalized spacial score (nSPS) is 24.9. The quantitative estimate of drug-likeness (QED) is 0.0353. The van der Waals surface area contributed by atoms with Gasteiger partial charge in [-0.25, -0.2) is 0 Å². The SMILES string of the molecule is CC(=O)OC1(C(C)=O)CCC2C3C=C(C)C4=CC(=O)CCC4(C)C3CCC21C.N=C(N)c1ccc(OCCCCCOc2ccc(C(=N)N)cc2)cc1.O=S(=O)(O)CCO.O=S(=O)(O)CCO. The topological polar surface area (TPSA) is 328 Å². The first-order valence-electron chi connectivity index (χ1n) is 22.1. The van der Waals surface area contributed by atoms with E-state index in [1.54, 1.807) is 31.2 Å². The Morgan fingerprint density at radius 2 is 1.21 bits per heavy atom. The van der Waals surface area contributed by atoms with Crippen LogP contribution in [0.1, 0.15) is 104 Å². The van der Waals surface area contributed by atoms with Crippen molar-refractivity contribution < 1.29 is 64.7 Å². The summed E-state index contributed by atoms with van der Waals surface area (Å²) in [6.45, 7) is 9.86. The van der Waals surface area contributed by atoms with Crippen LogP contribution in [0, 0.1) is 39.4 Å². The molecule has 0 saturated heterocycles. The minimum atomic E-state index is -3.92. The molecule has 0 radical (unpaired) electrons. The number of esters is 1. The number of unbranched alkanes of at least 4 members (excludes halogenated alkanes) is 2. The summed E-state index contributed by atoms with van der Waals surface area (Å²) in [5.74, 6) is 1.56. The number of carbonyl (C=O) groups is 3. The number of allylic oxidation sites excluding steroid dienone is 4. The minimum Gasteiger partial charge on any atom is -0.494 e. The molecule has 0 aliphatic heterocycles. The lowest BCUT2D eigenvalue weighted by Gasteiger charge is -2.58. The number of benzene rings is 2. The molecule has 0 aromatic heterocycles. The van der Waals surface area contributed by atoms with Crippen LogP contribution in [-0.4, -0.2) is 109 Å². The van der Waals surface area contributed by atoms with E-state index in [4.69, 9.17) is 55.8 Å². The molecule has 2 fully saturated rings. The number of hydrogen-bond donors (Lipinski definition) is 8. The van der Waals surface area contributed by atoms with E-state index in [9.17, 15) is 31.2 Å². The summed E-state index contributed by atoms with van der Waals surface area (Å²) in [5.41, 5.74) is 13.4. The first-order valence-corrected chi connectivity index (χ1v) is 25.4. The molecular formula is C47H68N4O14S2. The van der Waals surface area contributed by atoms with Crippen molar-refractivity contribution in [1.29, 1.82) is 10.8 Å². The average Bonchev–Trinajstić information content (AvgIpc) is 3.53. The summed E-state index contributed by atoms with van der Waals surface area (Å²) < 4.78 is 71.3. The highest BCUT2D eigenvalue weighted by Gasteiger charge is 2.67. The van der Waals surface area contributed by atoms with Gasteiger partial charge in [-0.3, -0.25) is 34.3 Å². The molecule has 372 valence electrons. The first-order chi connectivity index (χ1) is 31.2. The van der Waals surface area contributed by atoms with Gasteiger partial charge in [0.25, 0.3) is 20.2 Å². The summed E-state index contributed by atoms with van der Waals surface area (Å²) in [6.07, 6.45) is 12.1. The van der Waals surface area contributed by atoms with Gasteiger partial charge in [0.1, 0.15) is 23.2 Å². The standard InChI is InChI=1S/C24H32O4.C19H24N4O2.2C2H6O4S/c1-14-12-18-19(22(4)9-6-17(27)13-21(14)22)7-10-23(5)20(18)8-11-24(23,15(2)25)28-16(3)26;20-18(21)14-4-8-16(9-5-14)24-12-2-1-3-13-25-17-10-6-15(7-11-17)19(22)23;2*3-1-2-7(4,5)6/h12-13,18-20H,6-11H2,1-5H3;4-11H,1-3,12-13H2,(H3,20,21)(H3,22,23);2*3H,1-2H2,(H,4,5,6). The van der Waals surface area contributed by atoms with E-state index in [1.165, 1.54) is 18.1 Å². The van der Waals surface area contributed by atoms with E-state index in [0.717, 1.165) is 56.4 Å². The van der Waals surface area contributed by atoms with E-state index >= 15 is 0 Å². The van der Waals surface area contributed by atoms with Gasteiger partial charge in [-0.1, -0.05) is 25.5 Å². The Balaban J connectivity index is 0.000000278. The second-order valence-electron chi connectivity index (χ2n) is 17.7. The number of nitrogens with one attached hydrogen (secondary N) is 2. The number of nitrogen functional groups attached to an aromatic ring is 2. The number of aliphatic hydroxyl groups is 2. The molecule has 0 heterocycles. The highest BCUT2D eigenvalue weighted by atomic mass is 32.2. The lowest BCUT2D eigenvalue weighted by molar-refractivity contribution is -0.185. The van der Waals surface area contributed by atoms with E-state index in [0.29, 0.717) is 54.9 Å². The van der Waals surface area contributed by atoms with Crippen molar-refractivity contribution in [2.24, 2.45) is 40.1 Å². The van der Waals surface area contributed by atoms with Gasteiger partial charge in [-0.15, -0.1) is 0 Å². The van der Waals surface area contributed by atoms with E-state index in [1.807, 2.05) is 30.3 Å². The molecule has 20 heteroatoms. The molecule has 6 atom stereocenters. The second kappa shape index (κ2) is 24.3. The maximum atomic E-state index is 12.8. The number of nitrogens with two attached hydrogens (primary N) is 2. The Morgan fingerprint density at radius 1 is 0.746 bits per heavy atom. The van der Waals surface area contributed by atoms with Crippen LogP contribution < -0.4 is 20.9 Å². The molecule has 4 aliphatic rings. The Labute approximate surface area is 394 Å². The number of fused-ring (bicyclic) bond motifs is 5. The van der Waals surface area contributed by atoms with Crippen molar-refractivity contribution in [3.63, 3.8) is 0 Å². The molecule has 0 spiro atoms. The highest BCUT2D eigenvalue weighted by molar-refractivity contribution is 7.86. The summed E-state index contributed by atoms with van der Waals surface area (Å²) in [5, 5.41) is 30.4. The summed E-state index contributed by atoms with van der Waals surface area (Å²) >= 11 is 0. The number of ether oxygens (including phenoxy) is 3. The summed E-state index contributed by atoms with van der Waals surface area (Å²) in [6, 6.07) is 14.4. The largest absolute Gasteiger partial charge is 0.494 e. The molecule has 2 saturated carbocycles. The van der Waals surface area contributed by atoms with Crippen LogP contribution in [0.4, 0.5) is 0 Å². The fraction of sp³-hybridized carbons (Fsp3) is 0.553. The first kappa shape index (κ1) is 56.3. The third-order valence-electron chi connectivity index (χ3n) is 13.2. The molecule has 10 N–H and O–H groups in total. The van der Waals surface area contributed by atoms with Crippen LogP contribution in [0.25, 0.3) is 0 Å². The number of carbonyl (C=O) groups excluding carboxylic acids is 3. The molecule has 6 unspecified atom stereocenters. The average molecular weight is 977 g/mol. The minimum absolute atomic E-state index is 0.0160. The highest BCUT2D eigenvalue weighted by Crippen LogP contribution is 2.67. The number of ketones is 2. The second-order valence-corrected chi connectivity index (χ2v) is 20.9. The zero-order chi connectivity index (χ0) is 50.4. The third-order valence-corrected chi connectivity index (χ3v) is 14.6. The van der Waals surface area contributed by atoms with Crippen LogP contribution in [0.5, 0.6) is 11.5 Å². The molecule has 0 amide bonds. The number of amidine groups is 2. The fourth-order valence-corrected chi connectivity index (χ4v) is 10.4. The Morgan fingerprint density at radius 3 is 1.60 bits per heavy atom. The molecule has 18 nitrogen and oxygen atoms in total. The predicted molar refractivity (Wildman–Crippen MR) is 253 cm³/mol. The van der Waals surface area contributed by atoms with E-state index in [2.05, 4.69) is 26.8 Å². The van der Waals surface area contributed by atoms with Crippen molar-refractivity contribution in [3.8, 4) is 11.5 Å². The lowest BCUT2D eigenvalue weighted by Crippen LogP contribution is -2.58. The van der Waals surface area contributed by atoms with Gasteiger partial charge in [0.15, 0.2) is 17.2 Å². The zero-order valence-electron chi connectivity index (χ0n) is 39.0. The van der Waals surface area contributed by atoms with Gasteiger partial charge < -0.3 is 35.9 Å². The third kappa shape index (κ3) is 15.5. The van der Waals surface area contributed by atoms with Gasteiger partial charge in [0, 0.05) is 29.9 Å². The summed E-state index contributed by atoms with van der Waals surface area (Å²) in [7, 11) is -7.85. The number of rotatable bonds is 16. The molecule has 2 aromatic rings. The van der Waals surface area contributed by atoms with Gasteiger partial charge in [0.05, 0.1) is 37.9 Å². The molecule has 67 heavy (non-hydrogen) atoms. The van der Waals surface area contributed by atoms with Crippen molar-refractivity contribution in [3.05, 3.63) is 83.0 Å². The van der Waals surface area contributed by atoms with Gasteiger partial charge in [-0.2, -0.15) is 16.8 Å². The van der Waals surface area contributed by atoms with Crippen molar-refractivity contribution in [2.75, 3.05) is 37.9 Å². The predicted octanol–water partition coefficient (Wildman–Crippen LogP) is 5.19. The Hall–Kier alpha value is -4.99. The molecule has 4 aliphatic carbocycles. The lowest BCUT2D eigenvalue weighted by atomic mass is 9.47. The number of aliphatic hydroxyl groups excluding tert-OH is 2. The fourth-order valence-electron chi connectivity index (χ4n) is 9.93. The van der Waals surface area contributed by atoms with Gasteiger partial charge in [0.2, 0.25) is 0 Å². The maximum absolute atomic E-state index is 12.8. The summed E-state index contributed by atoms with van der Waals surface area (Å²) in [4.78, 5) is 36.8. The number of Topliss-reactive ketones (excluding diaryl/α,β-unsaturated/α-hetero) is 1. The van der Waals surface area contributed by atoms with Crippen LogP contribution in [0.2, 0.25) is 0 Å². The smallest absolute Gasteiger partial charge is 0.303 e. The Bertz CT molecular complexity index is 2260. The van der Waals surface area contributed by atoms with Crippen LogP contribution in [0.15, 0.2) is 71.8 Å². The zero-order valence-corrected chi connectivity index (χ0v) is 40.6. The van der Waals surface area contributed by atoms with Gasteiger partial charge >= 0.3 is 5.97 Å². The van der Waals surface area contributed by atoms with Crippen molar-refractivity contribution in [1.82, 2.24) is 0 Å². The van der Waals surface area contributed by atoms with Crippen molar-refractivity contribution in [2.45, 2.75) is 98.0 Å². The molecule has 6 rings (SSSR count). The van der Waals surface area contributed by atoms with Crippen LogP contribution in [0.3, 0.4) is 0 Å². The Kier molecular flexibility index (Phi) is 20.5. The molecule has 2 aromatic carbocycles. The van der Waals surface area contributed by atoms with Gasteiger partial charge in [-0.05, 0) is 149 Å². The molecular weight excluding hydrogens is 909 g/mol. The van der Waals surface area contributed by atoms with E-state index < -0.39 is 50.6 Å².